The third kappa shape index (κ3) is 4.11. The Kier molecular flexibility index (Phi) is 4.85. The SMILES string of the molecule is CCc1ncc(S(=O)(=O)NCC(=O)NC(C)C)[nH]1. The van der Waals surface area contributed by atoms with Crippen LogP contribution in [0.2, 0.25) is 0 Å². The number of aromatic nitrogens is 2. The summed E-state index contributed by atoms with van der Waals surface area (Å²) in [5.41, 5.74) is 0. The number of rotatable bonds is 6. The van der Waals surface area contributed by atoms with E-state index >= 15 is 0 Å². The van der Waals surface area contributed by atoms with E-state index in [0.717, 1.165) is 0 Å². The number of H-pyrrole nitrogens is 1. The molecule has 0 aliphatic carbocycles. The van der Waals surface area contributed by atoms with Gasteiger partial charge in [-0.3, -0.25) is 4.79 Å². The average molecular weight is 274 g/mol. The van der Waals surface area contributed by atoms with E-state index in [4.69, 9.17) is 0 Å². The molecule has 7 nitrogen and oxygen atoms in total. The van der Waals surface area contributed by atoms with Crippen LogP contribution in [0, 0.1) is 0 Å². The fourth-order valence-electron chi connectivity index (χ4n) is 1.27. The molecule has 0 aromatic carbocycles. The molecule has 18 heavy (non-hydrogen) atoms. The highest BCUT2D eigenvalue weighted by molar-refractivity contribution is 7.89. The number of carbonyl (C=O) groups excluding carboxylic acids is 1. The maximum Gasteiger partial charge on any atom is 0.258 e. The van der Waals surface area contributed by atoms with E-state index in [2.05, 4.69) is 20.0 Å². The Morgan fingerprint density at radius 2 is 2.17 bits per heavy atom. The number of sulfonamides is 1. The van der Waals surface area contributed by atoms with Crippen molar-refractivity contribution in [2.45, 2.75) is 38.3 Å². The second-order valence-electron chi connectivity index (χ2n) is 4.09. The van der Waals surface area contributed by atoms with E-state index in [0.29, 0.717) is 12.2 Å². The standard InChI is InChI=1S/C10H18N4O3S/c1-4-8-11-6-10(14-8)18(16,17)12-5-9(15)13-7(2)3/h6-7,12H,4-5H2,1-3H3,(H,11,14)(H,13,15). The Labute approximate surface area is 106 Å². The molecule has 0 unspecified atom stereocenters. The molecule has 3 N–H and O–H groups in total. The van der Waals surface area contributed by atoms with Crippen LogP contribution in [0.5, 0.6) is 0 Å². The fourth-order valence-corrected chi connectivity index (χ4v) is 2.19. The van der Waals surface area contributed by atoms with Gasteiger partial charge in [0.15, 0.2) is 5.03 Å². The summed E-state index contributed by atoms with van der Waals surface area (Å²) >= 11 is 0. The minimum atomic E-state index is -3.71. The quantitative estimate of drug-likeness (QED) is 0.666. The lowest BCUT2D eigenvalue weighted by Crippen LogP contribution is -2.39. The van der Waals surface area contributed by atoms with Gasteiger partial charge in [0, 0.05) is 12.5 Å². The van der Waals surface area contributed by atoms with Crippen LogP contribution < -0.4 is 10.0 Å². The Hall–Kier alpha value is -1.41. The molecule has 1 aromatic rings. The summed E-state index contributed by atoms with van der Waals surface area (Å²) in [5, 5.41) is 2.56. The van der Waals surface area contributed by atoms with Crippen molar-refractivity contribution in [2.24, 2.45) is 0 Å². The predicted octanol–water partition coefficient (Wildman–Crippen LogP) is -0.225. The van der Waals surface area contributed by atoms with E-state index < -0.39 is 10.0 Å². The number of aromatic amines is 1. The molecule has 8 heteroatoms. The second-order valence-corrected chi connectivity index (χ2v) is 5.83. The van der Waals surface area contributed by atoms with Gasteiger partial charge >= 0.3 is 0 Å². The topological polar surface area (TPSA) is 104 Å². The van der Waals surface area contributed by atoms with E-state index in [1.165, 1.54) is 6.20 Å². The summed E-state index contributed by atoms with van der Waals surface area (Å²) in [7, 11) is -3.71. The van der Waals surface area contributed by atoms with Gasteiger partial charge in [-0.25, -0.2) is 18.1 Å². The van der Waals surface area contributed by atoms with Crippen molar-refractivity contribution in [3.05, 3.63) is 12.0 Å². The normalized spacial score (nSPS) is 11.8. The van der Waals surface area contributed by atoms with E-state index in [1.807, 2.05) is 6.92 Å². The molecule has 0 atom stereocenters. The molecule has 0 radical (unpaired) electrons. The van der Waals surface area contributed by atoms with Crippen LogP contribution in [0.15, 0.2) is 11.2 Å². The summed E-state index contributed by atoms with van der Waals surface area (Å²) in [5.74, 6) is 0.214. The van der Waals surface area contributed by atoms with Crippen molar-refractivity contribution in [2.75, 3.05) is 6.54 Å². The van der Waals surface area contributed by atoms with E-state index in [-0.39, 0.29) is 23.5 Å². The van der Waals surface area contributed by atoms with Crippen LogP contribution in [-0.4, -0.2) is 36.9 Å². The van der Waals surface area contributed by atoms with Crippen molar-refractivity contribution in [1.82, 2.24) is 20.0 Å². The van der Waals surface area contributed by atoms with Crippen LogP contribution in [0.4, 0.5) is 0 Å². The van der Waals surface area contributed by atoms with Crippen LogP contribution in [0.25, 0.3) is 0 Å². The molecule has 1 rings (SSSR count). The van der Waals surface area contributed by atoms with E-state index in [1.54, 1.807) is 13.8 Å². The third-order valence-corrected chi connectivity index (χ3v) is 3.41. The molecule has 1 heterocycles. The number of hydrogen-bond donors (Lipinski definition) is 3. The molecule has 0 spiro atoms. The summed E-state index contributed by atoms with van der Waals surface area (Å²) in [6, 6.07) is -0.0270. The van der Waals surface area contributed by atoms with Gasteiger partial charge in [0.05, 0.1) is 12.7 Å². The molecule has 1 aromatic heterocycles. The Bertz CT molecular complexity index is 507. The molecule has 1 amide bonds. The van der Waals surface area contributed by atoms with Crippen molar-refractivity contribution < 1.29 is 13.2 Å². The lowest BCUT2D eigenvalue weighted by Gasteiger charge is -2.08. The van der Waals surface area contributed by atoms with Crippen molar-refractivity contribution in [1.29, 1.82) is 0 Å². The monoisotopic (exact) mass is 274 g/mol. The lowest BCUT2D eigenvalue weighted by atomic mass is 10.4. The van der Waals surface area contributed by atoms with Gasteiger partial charge in [-0.05, 0) is 13.8 Å². The first kappa shape index (κ1) is 14.7. The minimum Gasteiger partial charge on any atom is -0.353 e. The summed E-state index contributed by atoms with van der Waals surface area (Å²) in [4.78, 5) is 17.9. The molecule has 0 aliphatic heterocycles. The maximum atomic E-state index is 11.8. The van der Waals surface area contributed by atoms with Crippen molar-refractivity contribution in [3.8, 4) is 0 Å². The van der Waals surface area contributed by atoms with Crippen LogP contribution in [0.1, 0.15) is 26.6 Å². The smallest absolute Gasteiger partial charge is 0.258 e. The molecule has 102 valence electrons. The summed E-state index contributed by atoms with van der Waals surface area (Å²) in [6.45, 7) is 5.17. The highest BCUT2D eigenvalue weighted by Crippen LogP contribution is 2.05. The van der Waals surface area contributed by atoms with Gasteiger partial charge in [-0.2, -0.15) is 0 Å². The maximum absolute atomic E-state index is 11.8. The van der Waals surface area contributed by atoms with Crippen LogP contribution >= 0.6 is 0 Å². The Morgan fingerprint density at radius 3 is 2.67 bits per heavy atom. The van der Waals surface area contributed by atoms with Crippen LogP contribution in [-0.2, 0) is 21.2 Å². The van der Waals surface area contributed by atoms with Gasteiger partial charge in [0.2, 0.25) is 5.91 Å². The summed E-state index contributed by atoms with van der Waals surface area (Å²) in [6.07, 6.45) is 1.85. The molecule has 0 aliphatic rings. The number of nitrogens with one attached hydrogen (secondary N) is 3. The van der Waals surface area contributed by atoms with Gasteiger partial charge in [0.1, 0.15) is 5.82 Å². The van der Waals surface area contributed by atoms with Gasteiger partial charge < -0.3 is 10.3 Å². The number of amides is 1. The molecular weight excluding hydrogens is 256 g/mol. The molecule has 0 saturated carbocycles. The Morgan fingerprint density at radius 1 is 1.50 bits per heavy atom. The number of hydrogen-bond acceptors (Lipinski definition) is 4. The van der Waals surface area contributed by atoms with Crippen molar-refractivity contribution in [3.63, 3.8) is 0 Å². The first-order valence-corrected chi connectivity index (χ1v) is 7.16. The molecular formula is C10H18N4O3S. The largest absolute Gasteiger partial charge is 0.353 e. The number of aryl methyl sites for hydroxylation is 1. The zero-order valence-electron chi connectivity index (χ0n) is 10.6. The van der Waals surface area contributed by atoms with Gasteiger partial charge in [0.25, 0.3) is 10.0 Å². The molecule has 0 saturated heterocycles. The van der Waals surface area contributed by atoms with Gasteiger partial charge in [-0.1, -0.05) is 6.92 Å². The second kappa shape index (κ2) is 5.96. The number of imidazole rings is 1. The predicted molar refractivity (Wildman–Crippen MR) is 66.4 cm³/mol. The third-order valence-electron chi connectivity index (χ3n) is 2.10. The fraction of sp³-hybridized carbons (Fsp3) is 0.600. The number of carbonyl (C=O) groups is 1. The van der Waals surface area contributed by atoms with Gasteiger partial charge in [-0.15, -0.1) is 0 Å². The summed E-state index contributed by atoms with van der Waals surface area (Å²) < 4.78 is 25.8. The van der Waals surface area contributed by atoms with Crippen molar-refractivity contribution >= 4 is 15.9 Å². The minimum absolute atomic E-state index is 0.0270. The van der Waals surface area contributed by atoms with Crippen LogP contribution in [0.3, 0.4) is 0 Å². The zero-order chi connectivity index (χ0) is 13.8. The average Bonchev–Trinajstić information content (AvgIpc) is 2.75. The van der Waals surface area contributed by atoms with E-state index in [9.17, 15) is 13.2 Å². The zero-order valence-corrected chi connectivity index (χ0v) is 11.5. The highest BCUT2D eigenvalue weighted by Gasteiger charge is 2.18. The molecule has 0 bridgehead atoms. The molecule has 0 fully saturated rings. The first-order valence-electron chi connectivity index (χ1n) is 5.68. The number of nitrogens with zero attached hydrogens (tertiary/aromatic N) is 1. The highest BCUT2D eigenvalue weighted by atomic mass is 32.2. The Balaban J connectivity index is 2.62. The first-order chi connectivity index (χ1) is 8.35. The lowest BCUT2D eigenvalue weighted by molar-refractivity contribution is -0.120.